The van der Waals surface area contributed by atoms with Gasteiger partial charge in [-0.25, -0.2) is 9.97 Å². The van der Waals surface area contributed by atoms with Crippen LogP contribution in [0.1, 0.15) is 19.5 Å². The molecule has 5 nitrogen and oxygen atoms in total. The molecule has 0 atom stereocenters. The molecule has 0 bridgehead atoms. The smallest absolute Gasteiger partial charge is 0.223 e. The normalized spacial score (nSPS) is 11.2. The fraction of sp³-hybridized carbons (Fsp3) is 0.545. The van der Waals surface area contributed by atoms with E-state index in [0.717, 1.165) is 23.1 Å². The van der Waals surface area contributed by atoms with Crippen LogP contribution in [0, 0.1) is 0 Å². The van der Waals surface area contributed by atoms with Gasteiger partial charge in [-0.3, -0.25) is 4.68 Å². The third kappa shape index (κ3) is 2.56. The van der Waals surface area contributed by atoms with E-state index in [1.54, 1.807) is 6.20 Å². The summed E-state index contributed by atoms with van der Waals surface area (Å²) in [5.74, 6) is 0. The lowest BCUT2D eigenvalue weighted by Gasteiger charge is -2.02. The second-order valence-electron chi connectivity index (χ2n) is 3.59. The largest absolute Gasteiger partial charge is 0.380 e. The maximum Gasteiger partial charge on any atom is 0.223 e. The van der Waals surface area contributed by atoms with Crippen LogP contribution in [-0.2, 0) is 17.7 Å². The Labute approximate surface area is 105 Å². The van der Waals surface area contributed by atoms with Crippen molar-refractivity contribution < 1.29 is 4.74 Å². The Kier molecular flexibility index (Phi) is 3.91. The number of hydrogen-bond acceptors (Lipinski definition) is 4. The minimum Gasteiger partial charge on any atom is -0.380 e. The molecule has 2 aromatic rings. The Hall–Kier alpha value is -1.20. The minimum atomic E-state index is 0.261. The molecule has 0 saturated carbocycles. The van der Waals surface area contributed by atoms with Gasteiger partial charge >= 0.3 is 0 Å². The molecule has 92 valence electrons. The van der Waals surface area contributed by atoms with Crippen molar-refractivity contribution in [3.63, 3.8) is 0 Å². The number of halogens is 1. The quantitative estimate of drug-likeness (QED) is 0.606. The van der Waals surface area contributed by atoms with Crippen LogP contribution in [0.25, 0.3) is 11.0 Å². The number of ether oxygens (including phenoxy) is 1. The van der Waals surface area contributed by atoms with E-state index in [0.29, 0.717) is 19.8 Å². The van der Waals surface area contributed by atoms with Crippen molar-refractivity contribution in [2.24, 2.45) is 0 Å². The van der Waals surface area contributed by atoms with Gasteiger partial charge in [0.2, 0.25) is 5.28 Å². The van der Waals surface area contributed by atoms with Crippen LogP contribution < -0.4 is 0 Å². The predicted octanol–water partition coefficient (Wildman–Crippen LogP) is 2.08. The Morgan fingerprint density at radius 3 is 2.94 bits per heavy atom. The highest BCUT2D eigenvalue weighted by Crippen LogP contribution is 2.17. The van der Waals surface area contributed by atoms with Crippen LogP contribution in [0.15, 0.2) is 6.20 Å². The summed E-state index contributed by atoms with van der Waals surface area (Å²) < 4.78 is 7.20. The molecule has 0 aliphatic heterocycles. The Morgan fingerprint density at radius 2 is 2.24 bits per heavy atom. The van der Waals surface area contributed by atoms with E-state index < -0.39 is 0 Å². The zero-order valence-corrected chi connectivity index (χ0v) is 10.7. The van der Waals surface area contributed by atoms with Gasteiger partial charge in [-0.15, -0.1) is 0 Å². The van der Waals surface area contributed by atoms with E-state index in [1.165, 1.54) is 0 Å². The van der Waals surface area contributed by atoms with E-state index in [9.17, 15) is 0 Å². The van der Waals surface area contributed by atoms with Gasteiger partial charge in [0, 0.05) is 6.61 Å². The Morgan fingerprint density at radius 1 is 1.41 bits per heavy atom. The fourth-order valence-corrected chi connectivity index (χ4v) is 1.84. The lowest BCUT2D eigenvalue weighted by molar-refractivity contribution is 0.137. The van der Waals surface area contributed by atoms with E-state index in [4.69, 9.17) is 16.3 Å². The lowest BCUT2D eigenvalue weighted by atomic mass is 10.3. The fourth-order valence-electron chi connectivity index (χ4n) is 1.71. The van der Waals surface area contributed by atoms with Crippen molar-refractivity contribution in [3.05, 3.63) is 17.2 Å². The first-order valence-corrected chi connectivity index (χ1v) is 6.09. The van der Waals surface area contributed by atoms with Crippen LogP contribution in [0.4, 0.5) is 0 Å². The monoisotopic (exact) mass is 254 g/mol. The lowest BCUT2D eigenvalue weighted by Crippen LogP contribution is -2.07. The van der Waals surface area contributed by atoms with Gasteiger partial charge in [0.15, 0.2) is 0 Å². The van der Waals surface area contributed by atoms with Crippen molar-refractivity contribution >= 4 is 22.6 Å². The molecular weight excluding hydrogens is 240 g/mol. The highest BCUT2D eigenvalue weighted by atomic mass is 35.5. The standard InChI is InChI=1S/C11H15ClN4O/c1-3-8-10-9(7-13-11(12)14-10)16(15-8)5-6-17-4-2/h7H,3-6H2,1-2H3. The number of aromatic nitrogens is 4. The number of aryl methyl sites for hydroxylation is 1. The summed E-state index contributed by atoms with van der Waals surface area (Å²) in [6.07, 6.45) is 2.54. The van der Waals surface area contributed by atoms with Crippen molar-refractivity contribution in [2.45, 2.75) is 26.8 Å². The molecule has 0 unspecified atom stereocenters. The Bertz CT molecular complexity index is 511. The summed E-state index contributed by atoms with van der Waals surface area (Å²) in [4.78, 5) is 8.22. The molecule has 2 rings (SSSR count). The average Bonchev–Trinajstić information content (AvgIpc) is 2.67. The minimum absolute atomic E-state index is 0.261. The van der Waals surface area contributed by atoms with Crippen molar-refractivity contribution in [1.82, 2.24) is 19.7 Å². The van der Waals surface area contributed by atoms with Gasteiger partial charge in [0.25, 0.3) is 0 Å². The van der Waals surface area contributed by atoms with Crippen LogP contribution >= 0.6 is 11.6 Å². The van der Waals surface area contributed by atoms with Crippen LogP contribution in [0.2, 0.25) is 5.28 Å². The topological polar surface area (TPSA) is 52.8 Å². The van der Waals surface area contributed by atoms with Gasteiger partial charge in [-0.2, -0.15) is 5.10 Å². The number of rotatable bonds is 5. The third-order valence-corrected chi connectivity index (χ3v) is 2.70. The van der Waals surface area contributed by atoms with Gasteiger partial charge < -0.3 is 4.74 Å². The van der Waals surface area contributed by atoms with E-state index in [-0.39, 0.29) is 5.28 Å². The summed E-state index contributed by atoms with van der Waals surface area (Å²) in [5.41, 5.74) is 2.69. The molecule has 0 amide bonds. The highest BCUT2D eigenvalue weighted by molar-refractivity contribution is 6.28. The molecular formula is C11H15ClN4O. The Balaban J connectivity index is 2.35. The first-order chi connectivity index (χ1) is 8.26. The first kappa shape index (κ1) is 12.3. The molecule has 0 aliphatic carbocycles. The van der Waals surface area contributed by atoms with E-state index in [2.05, 4.69) is 15.1 Å². The summed E-state index contributed by atoms with van der Waals surface area (Å²) in [6, 6.07) is 0. The van der Waals surface area contributed by atoms with Gasteiger partial charge in [-0.1, -0.05) is 6.92 Å². The summed E-state index contributed by atoms with van der Waals surface area (Å²) in [7, 11) is 0. The van der Waals surface area contributed by atoms with E-state index in [1.807, 2.05) is 18.5 Å². The number of fused-ring (bicyclic) bond motifs is 1. The van der Waals surface area contributed by atoms with Gasteiger partial charge in [0.1, 0.15) is 11.0 Å². The predicted molar refractivity (Wildman–Crippen MR) is 66.2 cm³/mol. The van der Waals surface area contributed by atoms with Crippen LogP contribution in [0.5, 0.6) is 0 Å². The zero-order valence-electron chi connectivity index (χ0n) is 9.98. The molecule has 0 spiro atoms. The van der Waals surface area contributed by atoms with Crippen LogP contribution in [-0.4, -0.2) is 33.0 Å². The van der Waals surface area contributed by atoms with Crippen molar-refractivity contribution in [1.29, 1.82) is 0 Å². The van der Waals surface area contributed by atoms with Gasteiger partial charge in [0.05, 0.1) is 25.0 Å². The SMILES string of the molecule is CCOCCn1nc(CC)c2nc(Cl)ncc21. The second kappa shape index (κ2) is 5.42. The second-order valence-corrected chi connectivity index (χ2v) is 3.93. The van der Waals surface area contributed by atoms with Crippen molar-refractivity contribution in [3.8, 4) is 0 Å². The maximum atomic E-state index is 5.80. The zero-order chi connectivity index (χ0) is 12.3. The summed E-state index contributed by atoms with van der Waals surface area (Å²) in [5, 5.41) is 4.76. The first-order valence-electron chi connectivity index (χ1n) is 5.72. The molecule has 0 aliphatic rings. The number of hydrogen-bond donors (Lipinski definition) is 0. The van der Waals surface area contributed by atoms with Gasteiger partial charge in [-0.05, 0) is 24.9 Å². The highest BCUT2D eigenvalue weighted by Gasteiger charge is 2.11. The maximum absolute atomic E-state index is 5.80. The average molecular weight is 255 g/mol. The molecule has 0 aromatic carbocycles. The summed E-state index contributed by atoms with van der Waals surface area (Å²) >= 11 is 5.80. The summed E-state index contributed by atoms with van der Waals surface area (Å²) in [6.45, 7) is 6.07. The molecule has 2 aromatic heterocycles. The number of nitrogens with zero attached hydrogens (tertiary/aromatic N) is 4. The third-order valence-electron chi connectivity index (χ3n) is 2.52. The van der Waals surface area contributed by atoms with E-state index >= 15 is 0 Å². The van der Waals surface area contributed by atoms with Crippen LogP contribution in [0.3, 0.4) is 0 Å². The van der Waals surface area contributed by atoms with Crippen molar-refractivity contribution in [2.75, 3.05) is 13.2 Å². The molecule has 17 heavy (non-hydrogen) atoms. The molecule has 6 heteroatoms. The molecule has 0 N–H and O–H groups in total. The molecule has 0 saturated heterocycles. The molecule has 2 heterocycles. The molecule has 0 fully saturated rings. The molecule has 0 radical (unpaired) electrons.